The SMILES string of the molecule is C=CCCC(NC(C)=O)(C(=O)NC(C)(C)C)C1CCN(C2CCc3cc(C(F)(F)F)ccc32)CC1. The van der Waals surface area contributed by atoms with E-state index < -0.39 is 22.8 Å². The molecule has 2 amide bonds. The fourth-order valence-corrected chi connectivity index (χ4v) is 5.67. The number of likely N-dealkylation sites (tertiary alicyclic amines) is 1. The van der Waals surface area contributed by atoms with Crippen LogP contribution in [0.5, 0.6) is 0 Å². The lowest BCUT2D eigenvalue weighted by Gasteiger charge is -2.46. The molecule has 0 bridgehead atoms. The van der Waals surface area contributed by atoms with Gasteiger partial charge in [-0.05, 0) is 102 Å². The van der Waals surface area contributed by atoms with E-state index in [1.54, 1.807) is 12.1 Å². The number of benzene rings is 1. The Morgan fingerprint density at radius 1 is 1.11 bits per heavy atom. The first-order valence-corrected chi connectivity index (χ1v) is 12.4. The van der Waals surface area contributed by atoms with Crippen LogP contribution in [0.15, 0.2) is 30.9 Å². The van der Waals surface area contributed by atoms with Gasteiger partial charge < -0.3 is 10.6 Å². The molecular weight excluding hydrogens is 455 g/mol. The number of amides is 2. The third-order valence-corrected chi connectivity index (χ3v) is 7.22. The van der Waals surface area contributed by atoms with Crippen LogP contribution >= 0.6 is 0 Å². The van der Waals surface area contributed by atoms with Crippen molar-refractivity contribution in [3.63, 3.8) is 0 Å². The zero-order valence-corrected chi connectivity index (χ0v) is 21.2. The Kier molecular flexibility index (Phi) is 8.04. The van der Waals surface area contributed by atoms with Gasteiger partial charge in [0.05, 0.1) is 5.56 Å². The molecule has 5 nitrogen and oxygen atoms in total. The van der Waals surface area contributed by atoms with Gasteiger partial charge in [0.2, 0.25) is 11.8 Å². The third kappa shape index (κ3) is 6.26. The second kappa shape index (κ2) is 10.3. The lowest BCUT2D eigenvalue weighted by molar-refractivity contribution is -0.138. The number of halogens is 3. The molecule has 1 aliphatic carbocycles. The van der Waals surface area contributed by atoms with E-state index in [1.165, 1.54) is 19.1 Å². The highest BCUT2D eigenvalue weighted by atomic mass is 19.4. The summed E-state index contributed by atoms with van der Waals surface area (Å²) in [6.45, 7) is 12.4. The highest BCUT2D eigenvalue weighted by Gasteiger charge is 2.48. The van der Waals surface area contributed by atoms with Gasteiger partial charge in [-0.25, -0.2) is 0 Å². The zero-order valence-electron chi connectivity index (χ0n) is 21.2. The summed E-state index contributed by atoms with van der Waals surface area (Å²) in [5, 5.41) is 6.09. The van der Waals surface area contributed by atoms with Crippen molar-refractivity contribution in [1.29, 1.82) is 0 Å². The van der Waals surface area contributed by atoms with Gasteiger partial charge in [0, 0.05) is 18.5 Å². The van der Waals surface area contributed by atoms with Crippen molar-refractivity contribution in [2.24, 2.45) is 5.92 Å². The summed E-state index contributed by atoms with van der Waals surface area (Å²) >= 11 is 0. The fourth-order valence-electron chi connectivity index (χ4n) is 5.67. The zero-order chi connectivity index (χ0) is 26.0. The molecule has 1 saturated heterocycles. The van der Waals surface area contributed by atoms with Gasteiger partial charge in [0.1, 0.15) is 5.54 Å². The molecule has 2 N–H and O–H groups in total. The largest absolute Gasteiger partial charge is 0.416 e. The van der Waals surface area contributed by atoms with Gasteiger partial charge in [-0.3, -0.25) is 14.5 Å². The van der Waals surface area contributed by atoms with E-state index in [-0.39, 0.29) is 23.8 Å². The molecular formula is C27H38F3N3O2. The minimum atomic E-state index is -4.34. The van der Waals surface area contributed by atoms with Gasteiger partial charge in [-0.15, -0.1) is 6.58 Å². The minimum absolute atomic E-state index is 0.0570. The van der Waals surface area contributed by atoms with E-state index in [0.717, 1.165) is 17.5 Å². The molecule has 35 heavy (non-hydrogen) atoms. The van der Waals surface area contributed by atoms with Crippen LogP contribution in [0.3, 0.4) is 0 Å². The predicted molar refractivity (Wildman–Crippen MR) is 131 cm³/mol. The molecule has 1 aromatic rings. The second-order valence-electron chi connectivity index (χ2n) is 11.0. The van der Waals surface area contributed by atoms with Crippen molar-refractivity contribution in [1.82, 2.24) is 15.5 Å². The molecule has 3 rings (SSSR count). The number of hydrogen-bond acceptors (Lipinski definition) is 3. The van der Waals surface area contributed by atoms with Crippen molar-refractivity contribution in [2.45, 2.75) is 89.5 Å². The number of nitrogens with one attached hydrogen (secondary N) is 2. The third-order valence-electron chi connectivity index (χ3n) is 7.22. The number of aryl methyl sites for hydroxylation is 1. The summed E-state index contributed by atoms with van der Waals surface area (Å²) < 4.78 is 39.4. The van der Waals surface area contributed by atoms with Crippen LogP contribution in [0, 0.1) is 5.92 Å². The first-order chi connectivity index (χ1) is 16.3. The van der Waals surface area contributed by atoms with Crippen molar-refractivity contribution < 1.29 is 22.8 Å². The quantitative estimate of drug-likeness (QED) is 0.516. The molecule has 194 valence electrons. The number of nitrogens with zero attached hydrogens (tertiary/aromatic N) is 1. The fraction of sp³-hybridized carbons (Fsp3) is 0.630. The second-order valence-corrected chi connectivity index (χ2v) is 11.0. The summed E-state index contributed by atoms with van der Waals surface area (Å²) in [5.41, 5.74) is -0.327. The predicted octanol–water partition coefficient (Wildman–Crippen LogP) is 5.16. The number of alkyl halides is 3. The molecule has 1 heterocycles. The van der Waals surface area contributed by atoms with Crippen LogP contribution in [0.4, 0.5) is 13.2 Å². The average Bonchev–Trinajstić information content (AvgIpc) is 3.18. The van der Waals surface area contributed by atoms with E-state index in [2.05, 4.69) is 22.1 Å². The Morgan fingerprint density at radius 3 is 2.31 bits per heavy atom. The average molecular weight is 494 g/mol. The van der Waals surface area contributed by atoms with E-state index in [0.29, 0.717) is 45.2 Å². The van der Waals surface area contributed by atoms with E-state index >= 15 is 0 Å². The van der Waals surface area contributed by atoms with Crippen molar-refractivity contribution in [3.8, 4) is 0 Å². The van der Waals surface area contributed by atoms with E-state index in [4.69, 9.17) is 0 Å². The molecule has 1 fully saturated rings. The molecule has 0 radical (unpaired) electrons. The maximum Gasteiger partial charge on any atom is 0.416 e. The number of rotatable bonds is 7. The van der Waals surface area contributed by atoms with Gasteiger partial charge in [0.15, 0.2) is 0 Å². The first kappa shape index (κ1) is 27.2. The van der Waals surface area contributed by atoms with Crippen LogP contribution in [0.2, 0.25) is 0 Å². The van der Waals surface area contributed by atoms with E-state index in [1.807, 2.05) is 20.8 Å². The monoisotopic (exact) mass is 493 g/mol. The lowest BCUT2D eigenvalue weighted by Crippen LogP contribution is -2.66. The minimum Gasteiger partial charge on any atom is -0.349 e. The van der Waals surface area contributed by atoms with Gasteiger partial charge >= 0.3 is 6.18 Å². The van der Waals surface area contributed by atoms with Gasteiger partial charge in [0.25, 0.3) is 0 Å². The van der Waals surface area contributed by atoms with Crippen molar-refractivity contribution in [2.75, 3.05) is 13.1 Å². The van der Waals surface area contributed by atoms with Crippen molar-refractivity contribution in [3.05, 3.63) is 47.5 Å². The molecule has 2 unspecified atom stereocenters. The number of carbonyl (C=O) groups excluding carboxylic acids is 2. The number of carbonyl (C=O) groups is 2. The Hall–Kier alpha value is -2.35. The molecule has 0 saturated carbocycles. The summed E-state index contributed by atoms with van der Waals surface area (Å²) in [7, 11) is 0. The smallest absolute Gasteiger partial charge is 0.349 e. The van der Waals surface area contributed by atoms with Crippen LogP contribution in [0.25, 0.3) is 0 Å². The Labute approximate surface area is 206 Å². The lowest BCUT2D eigenvalue weighted by atomic mass is 9.73. The van der Waals surface area contributed by atoms with Gasteiger partial charge in [-0.2, -0.15) is 13.2 Å². The molecule has 2 atom stereocenters. The first-order valence-electron chi connectivity index (χ1n) is 12.4. The highest BCUT2D eigenvalue weighted by molar-refractivity contribution is 5.91. The summed E-state index contributed by atoms with van der Waals surface area (Å²) in [4.78, 5) is 28.1. The molecule has 1 aromatic carbocycles. The van der Waals surface area contributed by atoms with Crippen LogP contribution in [-0.2, 0) is 22.2 Å². The normalized spacial score (nSPS) is 21.2. The molecule has 1 aliphatic heterocycles. The van der Waals surface area contributed by atoms with Crippen LogP contribution in [0.1, 0.15) is 82.5 Å². The maximum atomic E-state index is 13.6. The standard InChI is InChI=1S/C27H38F3N3O2/c1-6-7-14-26(31-18(2)34,24(35)32-25(3,4)5)20-12-15-33(16-13-20)23-11-8-19-17-21(27(28,29)30)9-10-22(19)23/h6,9-10,17,20,23H,1,7-8,11-16H2,2-5H3,(H,31,34)(H,32,35). The Morgan fingerprint density at radius 2 is 1.77 bits per heavy atom. The Bertz CT molecular complexity index is 946. The molecule has 0 aromatic heterocycles. The van der Waals surface area contributed by atoms with Crippen molar-refractivity contribution >= 4 is 11.8 Å². The maximum absolute atomic E-state index is 13.6. The number of fused-ring (bicyclic) bond motifs is 1. The molecule has 8 heteroatoms. The van der Waals surface area contributed by atoms with E-state index in [9.17, 15) is 22.8 Å². The number of hydrogen-bond donors (Lipinski definition) is 2. The topological polar surface area (TPSA) is 61.4 Å². The number of allylic oxidation sites excluding steroid dienone is 1. The Balaban J connectivity index is 1.79. The number of piperidine rings is 1. The van der Waals surface area contributed by atoms with Crippen LogP contribution in [-0.4, -0.2) is 40.9 Å². The highest BCUT2D eigenvalue weighted by Crippen LogP contribution is 2.42. The summed E-state index contributed by atoms with van der Waals surface area (Å²) in [6.07, 6.45) is 1.33. The molecule has 0 spiro atoms. The summed E-state index contributed by atoms with van der Waals surface area (Å²) in [6, 6.07) is 4.18. The van der Waals surface area contributed by atoms with Crippen LogP contribution < -0.4 is 10.6 Å². The molecule has 2 aliphatic rings. The summed E-state index contributed by atoms with van der Waals surface area (Å²) in [5.74, 6) is -0.476. The van der Waals surface area contributed by atoms with Gasteiger partial charge in [-0.1, -0.05) is 12.1 Å².